The second kappa shape index (κ2) is 15.4. The first-order valence-electron chi connectivity index (χ1n) is 15.0. The molecule has 0 unspecified atom stereocenters. The number of hydrogen-bond acceptors (Lipinski definition) is 7. The third kappa shape index (κ3) is 7.96. The molecule has 5 rings (SSSR count). The smallest absolute Gasteiger partial charge is 0.449 e. The highest BCUT2D eigenvalue weighted by Gasteiger charge is 2.45. The number of nitrogens with zero attached hydrogens (tertiary/aromatic N) is 4. The van der Waals surface area contributed by atoms with Gasteiger partial charge in [0.2, 0.25) is 17.6 Å². The van der Waals surface area contributed by atoms with Crippen LogP contribution in [0.5, 0.6) is 5.75 Å². The van der Waals surface area contributed by atoms with E-state index in [0.717, 1.165) is 17.3 Å². The van der Waals surface area contributed by atoms with Gasteiger partial charge in [0.05, 0.1) is 23.4 Å². The van der Waals surface area contributed by atoms with Crippen molar-refractivity contribution in [2.75, 3.05) is 36.5 Å². The molecule has 4 aromatic rings. The zero-order chi connectivity index (χ0) is 33.2. The Labute approximate surface area is 288 Å². The molecule has 260 valence electrons. The average Bonchev–Trinajstić information content (AvgIpc) is 3.47. The number of halogens is 5. The summed E-state index contributed by atoms with van der Waals surface area (Å²) in [6.07, 6.45) is -0.429. The van der Waals surface area contributed by atoms with Gasteiger partial charge in [0.1, 0.15) is 16.7 Å². The van der Waals surface area contributed by atoms with Crippen molar-refractivity contribution in [3.63, 3.8) is 0 Å². The fourth-order valence-corrected chi connectivity index (χ4v) is 5.49. The number of aromatic nitrogens is 2. The molecule has 0 fully saturated rings. The third-order valence-corrected chi connectivity index (χ3v) is 8.06. The maximum Gasteiger partial charge on any atom is 0.449 e. The van der Waals surface area contributed by atoms with Crippen LogP contribution in [0.1, 0.15) is 44.2 Å². The molecule has 1 N–H and O–H groups in total. The number of nitrogens with one attached hydrogen (secondary N) is 1. The number of benzene rings is 1. The molecule has 0 bridgehead atoms. The molecule has 48 heavy (non-hydrogen) atoms. The van der Waals surface area contributed by atoms with Crippen LogP contribution in [0.4, 0.5) is 24.5 Å². The molecule has 2 amide bonds. The van der Waals surface area contributed by atoms with E-state index in [-0.39, 0.29) is 54.1 Å². The Bertz CT molecular complexity index is 1830. The summed E-state index contributed by atoms with van der Waals surface area (Å²) < 4.78 is 51.0. The summed E-state index contributed by atoms with van der Waals surface area (Å²) in [5.41, 5.74) is 1.21. The number of ether oxygens (including phenoxy) is 1. The van der Waals surface area contributed by atoms with Crippen molar-refractivity contribution in [1.29, 1.82) is 0 Å². The van der Waals surface area contributed by atoms with E-state index in [2.05, 4.69) is 10.3 Å². The normalized spacial score (nSPS) is 14.3. The van der Waals surface area contributed by atoms with E-state index in [1.165, 1.54) is 21.7 Å². The van der Waals surface area contributed by atoms with Gasteiger partial charge in [-0.2, -0.15) is 13.2 Å². The quantitative estimate of drug-likeness (QED) is 0.150. The highest BCUT2D eigenvalue weighted by molar-refractivity contribution is 6.20. The van der Waals surface area contributed by atoms with Gasteiger partial charge in [0.15, 0.2) is 0 Å². The Balaban J connectivity index is 0.00000312. The minimum Gasteiger partial charge on any atom is -0.493 e. The molecule has 0 aliphatic carbocycles. The number of hydrogen-bond donors (Lipinski definition) is 1. The maximum atomic E-state index is 13.1. The predicted octanol–water partition coefficient (Wildman–Crippen LogP) is 6.01. The van der Waals surface area contributed by atoms with Crippen LogP contribution in [0.3, 0.4) is 0 Å². The Morgan fingerprint density at radius 2 is 1.75 bits per heavy atom. The lowest BCUT2D eigenvalue weighted by Gasteiger charge is -2.27. The Morgan fingerprint density at radius 3 is 2.46 bits per heavy atom. The zero-order valence-corrected chi connectivity index (χ0v) is 28.6. The number of furan rings is 1. The molecule has 0 radical (unpaired) electrons. The van der Waals surface area contributed by atoms with Gasteiger partial charge in [0.25, 0.3) is 5.56 Å². The summed E-state index contributed by atoms with van der Waals surface area (Å²) in [5, 5.41) is 3.26. The number of alkyl halides is 3. The minimum absolute atomic E-state index is 0. The summed E-state index contributed by atoms with van der Waals surface area (Å²) in [7, 11) is 1.67. The molecule has 0 saturated heterocycles. The first-order chi connectivity index (χ1) is 21.8. The number of anilines is 2. The number of carbonyl (C=O) groups excluding carboxylic acids is 2. The number of amides is 2. The van der Waals surface area contributed by atoms with Crippen molar-refractivity contribution >= 4 is 59.0 Å². The van der Waals surface area contributed by atoms with E-state index in [0.29, 0.717) is 56.2 Å². The fourth-order valence-electron chi connectivity index (χ4n) is 5.49. The van der Waals surface area contributed by atoms with Gasteiger partial charge in [-0.15, -0.1) is 24.8 Å². The summed E-state index contributed by atoms with van der Waals surface area (Å²) >= 11 is 0. The van der Waals surface area contributed by atoms with Crippen molar-refractivity contribution in [2.45, 2.75) is 52.9 Å². The van der Waals surface area contributed by atoms with E-state index in [4.69, 9.17) is 9.15 Å². The van der Waals surface area contributed by atoms with Crippen LogP contribution in [0.2, 0.25) is 0 Å². The SMILES string of the molecule is CCN1C(=O)C(C)(C)C(=O)N(C)c2cc(OCCCNCc3ccnc(CCn4ccc5oc(C(F)(F)F)cc5c4=O)c3)ccc21.Cl.Cl. The first kappa shape index (κ1) is 38.4. The van der Waals surface area contributed by atoms with Gasteiger partial charge >= 0.3 is 6.18 Å². The third-order valence-electron chi connectivity index (χ3n) is 8.06. The summed E-state index contributed by atoms with van der Waals surface area (Å²) in [6.45, 7) is 7.56. The second-order valence-electron chi connectivity index (χ2n) is 11.7. The van der Waals surface area contributed by atoms with Gasteiger partial charge in [0, 0.05) is 63.3 Å². The van der Waals surface area contributed by atoms with E-state index in [1.807, 2.05) is 25.1 Å². The Kier molecular flexibility index (Phi) is 12.3. The van der Waals surface area contributed by atoms with Gasteiger partial charge in [-0.3, -0.25) is 19.4 Å². The Hall–Kier alpha value is -4.07. The molecular formula is C33H38Cl2F3N5O5. The van der Waals surface area contributed by atoms with E-state index in [9.17, 15) is 27.6 Å². The summed E-state index contributed by atoms with van der Waals surface area (Å²) in [5.74, 6) is -1.10. The van der Waals surface area contributed by atoms with E-state index >= 15 is 0 Å². The molecule has 0 atom stereocenters. The number of carbonyl (C=O) groups is 2. The molecule has 0 saturated carbocycles. The van der Waals surface area contributed by atoms with Crippen LogP contribution >= 0.6 is 24.8 Å². The molecule has 3 aromatic heterocycles. The highest BCUT2D eigenvalue weighted by atomic mass is 35.5. The molecule has 1 aromatic carbocycles. The molecule has 0 spiro atoms. The van der Waals surface area contributed by atoms with E-state index in [1.54, 1.807) is 44.1 Å². The molecule has 1 aliphatic rings. The molecule has 4 heterocycles. The molecule has 10 nitrogen and oxygen atoms in total. The van der Waals surface area contributed by atoms with Crippen LogP contribution in [0, 0.1) is 5.41 Å². The number of rotatable bonds is 11. The predicted molar refractivity (Wildman–Crippen MR) is 181 cm³/mol. The van der Waals surface area contributed by atoms with Gasteiger partial charge in [-0.25, -0.2) is 0 Å². The largest absolute Gasteiger partial charge is 0.493 e. The van der Waals surface area contributed by atoms with Gasteiger partial charge in [-0.1, -0.05) is 0 Å². The van der Waals surface area contributed by atoms with Crippen LogP contribution in [0.25, 0.3) is 11.0 Å². The standard InChI is InChI=1S/C33H36F3N5O5.2ClH/c1-5-41-25-8-7-23(18-26(25)39(4)30(43)32(2,3)31(41)44)45-16-6-12-37-20-21-9-13-38-22(17-21)10-14-40-15-11-27-24(29(40)42)19-28(46-27)33(34,35)36;;/h7-9,11,13,15,17-19,37H,5-6,10,12,14,16,20H2,1-4H3;2*1H. The monoisotopic (exact) mass is 711 g/mol. The minimum atomic E-state index is -4.67. The van der Waals surface area contributed by atoms with Gasteiger partial charge in [-0.05, 0) is 69.6 Å². The van der Waals surface area contributed by atoms with Crippen LogP contribution in [-0.4, -0.2) is 48.1 Å². The van der Waals surface area contributed by atoms with Crippen molar-refractivity contribution in [2.24, 2.45) is 5.41 Å². The first-order valence-corrected chi connectivity index (χ1v) is 15.0. The topological polar surface area (TPSA) is 110 Å². The number of pyridine rings is 2. The van der Waals surface area contributed by atoms with Crippen LogP contribution < -0.4 is 25.4 Å². The highest BCUT2D eigenvalue weighted by Crippen LogP contribution is 2.40. The second-order valence-corrected chi connectivity index (χ2v) is 11.7. The van der Waals surface area contributed by atoms with Crippen molar-refractivity contribution in [1.82, 2.24) is 14.9 Å². The zero-order valence-electron chi connectivity index (χ0n) is 26.9. The fraction of sp³-hybridized carbons (Fsp3) is 0.394. The van der Waals surface area contributed by atoms with Crippen LogP contribution in [-0.2, 0) is 35.3 Å². The summed E-state index contributed by atoms with van der Waals surface area (Å²) in [4.78, 5) is 46.3. The van der Waals surface area contributed by atoms with E-state index < -0.39 is 22.9 Å². The molecular weight excluding hydrogens is 674 g/mol. The van der Waals surface area contributed by atoms with Crippen molar-refractivity contribution in [3.8, 4) is 5.75 Å². The average molecular weight is 713 g/mol. The lowest BCUT2D eigenvalue weighted by atomic mass is 9.90. The van der Waals surface area contributed by atoms with Crippen molar-refractivity contribution in [3.05, 3.63) is 82.2 Å². The molecule has 15 heteroatoms. The number of fused-ring (bicyclic) bond motifs is 2. The lowest BCUT2D eigenvalue weighted by molar-refractivity contribution is -0.152. The van der Waals surface area contributed by atoms with Crippen LogP contribution in [0.15, 0.2) is 64.1 Å². The van der Waals surface area contributed by atoms with Crippen molar-refractivity contribution < 1.29 is 31.9 Å². The lowest BCUT2D eigenvalue weighted by Crippen LogP contribution is -2.47. The molecule has 1 aliphatic heterocycles. The van der Waals surface area contributed by atoms with Gasteiger partial charge < -0.3 is 28.8 Å². The Morgan fingerprint density at radius 1 is 1.00 bits per heavy atom. The number of aryl methyl sites for hydroxylation is 2. The summed E-state index contributed by atoms with van der Waals surface area (Å²) in [6, 6.07) is 11.3. The maximum absolute atomic E-state index is 13.1.